The average Bonchev–Trinajstić information content (AvgIpc) is 2.65. The van der Waals surface area contributed by atoms with Crippen LogP contribution in [0.25, 0.3) is 0 Å². The van der Waals surface area contributed by atoms with E-state index in [1.165, 1.54) is 18.2 Å². The predicted molar refractivity (Wildman–Crippen MR) is 119 cm³/mol. The molecule has 2 N–H and O–H groups in total. The maximum atomic E-state index is 12.3. The molecule has 2 rings (SSSR count). The highest BCUT2D eigenvalue weighted by molar-refractivity contribution is 7.91. The molecule has 12 heteroatoms. The number of sulfone groups is 1. The van der Waals surface area contributed by atoms with Crippen LogP contribution < -0.4 is 0 Å². The molecule has 0 aliphatic rings. The van der Waals surface area contributed by atoms with Gasteiger partial charge in [0.2, 0.25) is 0 Å². The van der Waals surface area contributed by atoms with Crippen molar-refractivity contribution < 1.29 is 38.5 Å². The molecule has 0 fully saturated rings. The standard InChI is InChI=1S/C20H26O9S3/c1-13-11-14(2)20(31(23,24)25)12-19(13)16(4)15(3)17-5-7-18(8-6-17)30(21,22)10-9-29-32(26,27)28/h5-8,11-12,15-16H,9-10H2,1-4H3,(H,23,24,25)(H,26,27,28)/t15-,16?/m0/s1. The first-order valence-corrected chi connectivity index (χ1v) is 14.0. The molecular weight excluding hydrogens is 480 g/mol. The Balaban J connectivity index is 2.27. The van der Waals surface area contributed by atoms with Crippen LogP contribution in [0, 0.1) is 13.8 Å². The Morgan fingerprint density at radius 1 is 0.844 bits per heavy atom. The summed E-state index contributed by atoms with van der Waals surface area (Å²) in [6.45, 7) is 6.57. The lowest BCUT2D eigenvalue weighted by atomic mass is 9.82. The Morgan fingerprint density at radius 2 is 1.41 bits per heavy atom. The van der Waals surface area contributed by atoms with E-state index in [0.717, 1.165) is 16.7 Å². The Hall–Kier alpha value is -1.83. The second-order valence-electron chi connectivity index (χ2n) is 7.66. The molecule has 0 radical (unpaired) electrons. The average molecular weight is 507 g/mol. The van der Waals surface area contributed by atoms with Gasteiger partial charge in [-0.15, -0.1) is 0 Å². The first-order valence-electron chi connectivity index (χ1n) is 9.56. The Morgan fingerprint density at radius 3 is 1.91 bits per heavy atom. The van der Waals surface area contributed by atoms with Gasteiger partial charge in [0.1, 0.15) is 0 Å². The SMILES string of the molecule is Cc1cc(C)c(S(=O)(=O)O)cc1C(C)[C@H](C)c1ccc(S(=O)(=O)CCOS(=O)(=O)O)cc1. The highest BCUT2D eigenvalue weighted by Crippen LogP contribution is 2.36. The quantitative estimate of drug-likeness (QED) is 0.489. The van der Waals surface area contributed by atoms with Crippen molar-refractivity contribution in [3.8, 4) is 0 Å². The van der Waals surface area contributed by atoms with Crippen LogP contribution in [0.5, 0.6) is 0 Å². The molecule has 0 amide bonds. The van der Waals surface area contributed by atoms with E-state index < -0.39 is 42.7 Å². The fourth-order valence-electron chi connectivity index (χ4n) is 3.52. The third kappa shape index (κ3) is 6.59. The lowest BCUT2D eigenvalue weighted by molar-refractivity contribution is 0.284. The van der Waals surface area contributed by atoms with Crippen LogP contribution in [0.4, 0.5) is 0 Å². The molecule has 2 aromatic carbocycles. The monoisotopic (exact) mass is 506 g/mol. The van der Waals surface area contributed by atoms with Gasteiger partial charge < -0.3 is 0 Å². The summed E-state index contributed by atoms with van der Waals surface area (Å²) in [7, 11) is -12.9. The number of aryl methyl sites for hydroxylation is 2. The molecule has 0 aromatic heterocycles. The van der Waals surface area contributed by atoms with E-state index in [4.69, 9.17) is 4.55 Å². The van der Waals surface area contributed by atoms with Crippen LogP contribution in [0.15, 0.2) is 46.2 Å². The number of rotatable bonds is 9. The smallest absolute Gasteiger partial charge is 0.282 e. The minimum absolute atomic E-state index is 0.0276. The second kappa shape index (κ2) is 9.57. The minimum Gasteiger partial charge on any atom is -0.282 e. The molecule has 0 heterocycles. The fourth-order valence-corrected chi connectivity index (χ4v) is 5.75. The van der Waals surface area contributed by atoms with Crippen molar-refractivity contribution in [1.82, 2.24) is 0 Å². The highest BCUT2D eigenvalue weighted by atomic mass is 32.3. The summed E-state index contributed by atoms with van der Waals surface area (Å²) in [5, 5.41) is 0. The van der Waals surface area contributed by atoms with Crippen LogP contribution in [0.3, 0.4) is 0 Å². The van der Waals surface area contributed by atoms with E-state index >= 15 is 0 Å². The molecule has 0 aliphatic heterocycles. The summed E-state index contributed by atoms with van der Waals surface area (Å²) in [6, 6.07) is 9.22. The van der Waals surface area contributed by atoms with Gasteiger partial charge in [-0.3, -0.25) is 9.11 Å². The normalized spacial score (nSPS) is 14.8. The van der Waals surface area contributed by atoms with Crippen LogP contribution in [0.1, 0.15) is 47.9 Å². The van der Waals surface area contributed by atoms with Gasteiger partial charge in [0.25, 0.3) is 10.1 Å². The third-order valence-electron chi connectivity index (χ3n) is 5.43. The van der Waals surface area contributed by atoms with Crippen molar-refractivity contribution in [2.24, 2.45) is 0 Å². The summed E-state index contributed by atoms with van der Waals surface area (Å²) < 4.78 is 91.2. The highest BCUT2D eigenvalue weighted by Gasteiger charge is 2.23. The van der Waals surface area contributed by atoms with Crippen LogP contribution in [-0.2, 0) is 34.5 Å². The fraction of sp³-hybridized carbons (Fsp3) is 0.400. The second-order valence-corrected chi connectivity index (χ2v) is 12.3. The van der Waals surface area contributed by atoms with Crippen molar-refractivity contribution in [2.75, 3.05) is 12.4 Å². The molecule has 0 aliphatic carbocycles. The number of hydrogen-bond acceptors (Lipinski definition) is 7. The van der Waals surface area contributed by atoms with Gasteiger partial charge >= 0.3 is 10.4 Å². The van der Waals surface area contributed by atoms with E-state index in [0.29, 0.717) is 5.56 Å². The largest absolute Gasteiger partial charge is 0.397 e. The summed E-state index contributed by atoms with van der Waals surface area (Å²) in [5.41, 5.74) is 2.86. The van der Waals surface area contributed by atoms with Crippen LogP contribution in [-0.4, -0.2) is 46.7 Å². The third-order valence-corrected chi connectivity index (χ3v) is 8.59. The minimum atomic E-state index is -4.72. The van der Waals surface area contributed by atoms with E-state index in [2.05, 4.69) is 4.18 Å². The lowest BCUT2D eigenvalue weighted by Crippen LogP contribution is -2.15. The van der Waals surface area contributed by atoms with E-state index in [1.807, 2.05) is 20.8 Å². The van der Waals surface area contributed by atoms with Crippen LogP contribution in [0.2, 0.25) is 0 Å². The van der Waals surface area contributed by atoms with Gasteiger partial charge in [0.05, 0.1) is 22.2 Å². The summed E-state index contributed by atoms with van der Waals surface area (Å²) in [4.78, 5) is -0.175. The molecular formula is C20H26O9S3. The molecule has 1 unspecified atom stereocenters. The van der Waals surface area contributed by atoms with Crippen molar-refractivity contribution in [3.05, 3.63) is 58.7 Å². The van der Waals surface area contributed by atoms with Gasteiger partial charge in [-0.1, -0.05) is 32.0 Å². The first-order chi connectivity index (χ1) is 14.5. The van der Waals surface area contributed by atoms with Gasteiger partial charge in [0.15, 0.2) is 9.84 Å². The lowest BCUT2D eigenvalue weighted by Gasteiger charge is -2.24. The number of hydrogen-bond donors (Lipinski definition) is 2. The molecule has 2 aromatic rings. The van der Waals surface area contributed by atoms with Crippen molar-refractivity contribution in [1.29, 1.82) is 0 Å². The van der Waals surface area contributed by atoms with Crippen molar-refractivity contribution in [3.63, 3.8) is 0 Å². The van der Waals surface area contributed by atoms with Gasteiger partial charge in [-0.25, -0.2) is 12.6 Å². The van der Waals surface area contributed by atoms with Gasteiger partial charge in [0, 0.05) is 0 Å². The molecule has 178 valence electrons. The van der Waals surface area contributed by atoms with Crippen molar-refractivity contribution >= 4 is 30.4 Å². The zero-order valence-electron chi connectivity index (χ0n) is 18.0. The summed E-state index contributed by atoms with van der Waals surface area (Å²) >= 11 is 0. The summed E-state index contributed by atoms with van der Waals surface area (Å²) in [5.74, 6) is -0.897. The van der Waals surface area contributed by atoms with E-state index in [-0.39, 0.29) is 21.6 Å². The molecule has 0 saturated heterocycles. The Labute approximate surface area is 189 Å². The number of benzene rings is 2. The molecule has 9 nitrogen and oxygen atoms in total. The zero-order valence-corrected chi connectivity index (χ0v) is 20.5. The summed E-state index contributed by atoms with van der Waals surface area (Å²) in [6.07, 6.45) is 0. The molecule has 0 spiro atoms. The Kier molecular flexibility index (Phi) is 7.91. The van der Waals surface area contributed by atoms with E-state index in [1.54, 1.807) is 25.1 Å². The van der Waals surface area contributed by atoms with E-state index in [9.17, 15) is 29.8 Å². The van der Waals surface area contributed by atoms with Gasteiger partial charge in [-0.05, 0) is 66.1 Å². The molecule has 0 saturated carbocycles. The first kappa shape index (κ1) is 26.4. The maximum absolute atomic E-state index is 12.3. The molecule has 32 heavy (non-hydrogen) atoms. The predicted octanol–water partition coefficient (Wildman–Crippen LogP) is 3.05. The van der Waals surface area contributed by atoms with Crippen molar-refractivity contribution in [2.45, 2.75) is 49.3 Å². The van der Waals surface area contributed by atoms with Crippen LogP contribution >= 0.6 is 0 Å². The Bertz CT molecular complexity index is 1290. The molecule has 0 bridgehead atoms. The molecule has 2 atom stereocenters. The maximum Gasteiger partial charge on any atom is 0.397 e. The zero-order chi connectivity index (χ0) is 24.5. The topological polar surface area (TPSA) is 152 Å². The van der Waals surface area contributed by atoms with Gasteiger partial charge in [-0.2, -0.15) is 16.8 Å².